The van der Waals surface area contributed by atoms with Crippen molar-refractivity contribution >= 4 is 5.84 Å². The number of oxime groups is 1. The van der Waals surface area contributed by atoms with Crippen molar-refractivity contribution < 1.29 is 9.94 Å². The Bertz CT molecular complexity index is 434. The first-order valence-corrected chi connectivity index (χ1v) is 6.30. The van der Waals surface area contributed by atoms with Crippen LogP contribution in [-0.2, 0) is 0 Å². The maximum Gasteiger partial charge on any atom is 0.224 e. The molecule has 1 aliphatic carbocycles. The molecular weight excluding hydrogens is 230 g/mol. The number of nitrogens with two attached hydrogens (primary N) is 1. The Morgan fingerprint density at radius 2 is 2.39 bits per heavy atom. The summed E-state index contributed by atoms with van der Waals surface area (Å²) in [4.78, 5) is 4.17. The van der Waals surface area contributed by atoms with Gasteiger partial charge in [0.15, 0.2) is 5.84 Å². The third-order valence-corrected chi connectivity index (χ3v) is 3.32. The molecule has 18 heavy (non-hydrogen) atoms. The van der Waals surface area contributed by atoms with Crippen LogP contribution in [0.5, 0.6) is 5.88 Å². The zero-order chi connectivity index (χ0) is 13.0. The van der Waals surface area contributed by atoms with Crippen LogP contribution >= 0.6 is 0 Å². The molecule has 2 unspecified atom stereocenters. The SMILES string of the molecule is CC1CCCC(Oc2ncccc2/C(N)=N/O)C1. The Morgan fingerprint density at radius 3 is 3.11 bits per heavy atom. The highest BCUT2D eigenvalue weighted by Crippen LogP contribution is 2.27. The van der Waals surface area contributed by atoms with E-state index in [0.717, 1.165) is 12.8 Å². The maximum atomic E-state index is 8.74. The Labute approximate surface area is 107 Å². The molecule has 0 aromatic carbocycles. The third kappa shape index (κ3) is 2.91. The van der Waals surface area contributed by atoms with Gasteiger partial charge in [-0.05, 0) is 37.3 Å². The number of rotatable bonds is 3. The molecule has 0 spiro atoms. The second kappa shape index (κ2) is 5.71. The molecule has 5 nitrogen and oxygen atoms in total. The molecule has 1 aromatic rings. The van der Waals surface area contributed by atoms with Gasteiger partial charge in [-0.15, -0.1) is 0 Å². The molecule has 3 N–H and O–H groups in total. The van der Waals surface area contributed by atoms with E-state index in [9.17, 15) is 0 Å². The zero-order valence-corrected chi connectivity index (χ0v) is 10.5. The summed E-state index contributed by atoms with van der Waals surface area (Å²) >= 11 is 0. The van der Waals surface area contributed by atoms with Gasteiger partial charge >= 0.3 is 0 Å². The number of nitrogens with zero attached hydrogens (tertiary/aromatic N) is 2. The molecule has 2 rings (SSSR count). The molecule has 5 heteroatoms. The monoisotopic (exact) mass is 249 g/mol. The summed E-state index contributed by atoms with van der Waals surface area (Å²) in [6, 6.07) is 3.48. The zero-order valence-electron chi connectivity index (χ0n) is 10.5. The van der Waals surface area contributed by atoms with Crippen molar-refractivity contribution in [1.82, 2.24) is 4.98 Å². The molecule has 1 heterocycles. The molecule has 0 amide bonds. The standard InChI is InChI=1S/C13H19N3O2/c1-9-4-2-5-10(8-9)18-13-11(12(14)16-17)6-3-7-15-13/h3,6-7,9-10,17H,2,4-5,8H2,1H3,(H2,14,16). The van der Waals surface area contributed by atoms with E-state index in [-0.39, 0.29) is 11.9 Å². The number of aromatic nitrogens is 1. The molecule has 2 atom stereocenters. The molecule has 1 aromatic heterocycles. The number of hydrogen-bond acceptors (Lipinski definition) is 4. The summed E-state index contributed by atoms with van der Waals surface area (Å²) in [6.07, 6.45) is 6.33. The van der Waals surface area contributed by atoms with Crippen LogP contribution in [0.1, 0.15) is 38.2 Å². The minimum Gasteiger partial charge on any atom is -0.474 e. The fraction of sp³-hybridized carbons (Fsp3) is 0.538. The molecule has 0 aliphatic heterocycles. The highest BCUT2D eigenvalue weighted by atomic mass is 16.5. The van der Waals surface area contributed by atoms with E-state index in [0.29, 0.717) is 17.4 Å². The molecule has 1 aliphatic rings. The van der Waals surface area contributed by atoms with Gasteiger partial charge in [0, 0.05) is 6.20 Å². The minimum atomic E-state index is 0.0296. The quantitative estimate of drug-likeness (QED) is 0.372. The van der Waals surface area contributed by atoms with Crippen LogP contribution in [0.2, 0.25) is 0 Å². The molecule has 0 radical (unpaired) electrons. The van der Waals surface area contributed by atoms with Crippen molar-refractivity contribution in [2.75, 3.05) is 0 Å². The molecular formula is C13H19N3O2. The van der Waals surface area contributed by atoms with Gasteiger partial charge in [-0.2, -0.15) is 0 Å². The van der Waals surface area contributed by atoms with Crippen LogP contribution < -0.4 is 10.5 Å². The smallest absolute Gasteiger partial charge is 0.224 e. The van der Waals surface area contributed by atoms with E-state index in [4.69, 9.17) is 15.7 Å². The van der Waals surface area contributed by atoms with E-state index >= 15 is 0 Å². The lowest BCUT2D eigenvalue weighted by atomic mass is 9.89. The number of ether oxygens (including phenoxy) is 1. The molecule has 0 saturated heterocycles. The first-order valence-electron chi connectivity index (χ1n) is 6.30. The van der Waals surface area contributed by atoms with Crippen LogP contribution in [0.3, 0.4) is 0 Å². The van der Waals surface area contributed by atoms with Gasteiger partial charge in [0.05, 0.1) is 5.56 Å². The second-order valence-corrected chi connectivity index (χ2v) is 4.85. The normalized spacial score (nSPS) is 24.8. The summed E-state index contributed by atoms with van der Waals surface area (Å²) in [5, 5.41) is 11.7. The van der Waals surface area contributed by atoms with Crippen LogP contribution in [0.15, 0.2) is 23.5 Å². The fourth-order valence-corrected chi connectivity index (χ4v) is 2.38. The molecule has 1 saturated carbocycles. The summed E-state index contributed by atoms with van der Waals surface area (Å²) in [5.41, 5.74) is 6.15. The van der Waals surface area contributed by atoms with Crippen molar-refractivity contribution in [3.05, 3.63) is 23.9 Å². The Morgan fingerprint density at radius 1 is 1.56 bits per heavy atom. The molecule has 98 valence electrons. The lowest BCUT2D eigenvalue weighted by Crippen LogP contribution is -2.26. The van der Waals surface area contributed by atoms with Crippen molar-refractivity contribution in [2.45, 2.75) is 38.7 Å². The van der Waals surface area contributed by atoms with Crippen molar-refractivity contribution in [3.63, 3.8) is 0 Å². The summed E-state index contributed by atoms with van der Waals surface area (Å²) in [5.74, 6) is 1.16. The van der Waals surface area contributed by atoms with Crippen LogP contribution in [-0.4, -0.2) is 22.1 Å². The van der Waals surface area contributed by atoms with E-state index in [1.54, 1.807) is 18.3 Å². The highest BCUT2D eigenvalue weighted by Gasteiger charge is 2.22. The summed E-state index contributed by atoms with van der Waals surface area (Å²) in [7, 11) is 0. The Kier molecular flexibility index (Phi) is 4.02. The van der Waals surface area contributed by atoms with Gasteiger partial charge in [-0.1, -0.05) is 18.5 Å². The van der Waals surface area contributed by atoms with Crippen LogP contribution in [0, 0.1) is 5.92 Å². The Hall–Kier alpha value is -1.78. The average molecular weight is 249 g/mol. The fourth-order valence-electron chi connectivity index (χ4n) is 2.38. The second-order valence-electron chi connectivity index (χ2n) is 4.85. The van der Waals surface area contributed by atoms with Crippen LogP contribution in [0.4, 0.5) is 0 Å². The van der Waals surface area contributed by atoms with Gasteiger partial charge in [0.2, 0.25) is 5.88 Å². The van der Waals surface area contributed by atoms with Gasteiger partial charge in [0.1, 0.15) is 6.10 Å². The first-order chi connectivity index (χ1) is 8.70. The largest absolute Gasteiger partial charge is 0.474 e. The highest BCUT2D eigenvalue weighted by molar-refractivity contribution is 5.98. The van der Waals surface area contributed by atoms with Crippen molar-refractivity contribution in [2.24, 2.45) is 16.8 Å². The van der Waals surface area contributed by atoms with E-state index in [1.165, 1.54) is 12.8 Å². The van der Waals surface area contributed by atoms with Gasteiger partial charge in [-0.25, -0.2) is 4.98 Å². The molecule has 1 fully saturated rings. The minimum absolute atomic E-state index is 0.0296. The van der Waals surface area contributed by atoms with E-state index < -0.39 is 0 Å². The number of amidine groups is 1. The molecule has 0 bridgehead atoms. The van der Waals surface area contributed by atoms with Gasteiger partial charge in [-0.3, -0.25) is 0 Å². The third-order valence-electron chi connectivity index (χ3n) is 3.32. The van der Waals surface area contributed by atoms with Gasteiger partial charge < -0.3 is 15.7 Å². The maximum absolute atomic E-state index is 8.74. The first kappa shape index (κ1) is 12.7. The van der Waals surface area contributed by atoms with Gasteiger partial charge in [0.25, 0.3) is 0 Å². The summed E-state index contributed by atoms with van der Waals surface area (Å²) < 4.78 is 5.90. The van der Waals surface area contributed by atoms with Crippen molar-refractivity contribution in [1.29, 1.82) is 0 Å². The predicted octanol–water partition coefficient (Wildman–Crippen LogP) is 2.13. The summed E-state index contributed by atoms with van der Waals surface area (Å²) in [6.45, 7) is 2.23. The average Bonchev–Trinajstić information content (AvgIpc) is 2.38. The van der Waals surface area contributed by atoms with Crippen molar-refractivity contribution in [3.8, 4) is 5.88 Å². The lowest BCUT2D eigenvalue weighted by molar-refractivity contribution is 0.123. The van der Waals surface area contributed by atoms with E-state index in [2.05, 4.69) is 17.1 Å². The predicted molar refractivity (Wildman–Crippen MR) is 68.8 cm³/mol. The van der Waals surface area contributed by atoms with Crippen LogP contribution in [0.25, 0.3) is 0 Å². The lowest BCUT2D eigenvalue weighted by Gasteiger charge is -2.27. The number of hydrogen-bond donors (Lipinski definition) is 2. The topological polar surface area (TPSA) is 80.7 Å². The van der Waals surface area contributed by atoms with E-state index in [1.807, 2.05) is 0 Å². The Balaban J connectivity index is 2.13. The number of pyridine rings is 1.